The zero-order valence-corrected chi connectivity index (χ0v) is 13.0. The number of aliphatic carboxylic acids is 1. The van der Waals surface area contributed by atoms with Crippen molar-refractivity contribution in [3.8, 4) is 0 Å². The molecule has 0 radical (unpaired) electrons. The Balaban J connectivity index is 1.99. The number of carbonyl (C=O) groups is 2. The van der Waals surface area contributed by atoms with Crippen LogP contribution in [-0.2, 0) is 4.79 Å². The summed E-state index contributed by atoms with van der Waals surface area (Å²) in [6.45, 7) is 2.88. The lowest BCUT2D eigenvalue weighted by Gasteiger charge is -2.31. The second-order valence-electron chi connectivity index (χ2n) is 6.53. The highest BCUT2D eigenvalue weighted by molar-refractivity contribution is 5.77. The molecule has 1 saturated heterocycles. The van der Waals surface area contributed by atoms with Crippen LogP contribution in [0.5, 0.6) is 0 Å². The predicted molar refractivity (Wildman–Crippen MR) is 81.2 cm³/mol. The summed E-state index contributed by atoms with van der Waals surface area (Å²) in [5.74, 6) is -1.20. The Morgan fingerprint density at radius 2 is 1.67 bits per heavy atom. The van der Waals surface area contributed by atoms with Gasteiger partial charge in [-0.2, -0.15) is 0 Å². The standard InChI is InChI=1S/C16H28N2O3/c1-12-8-4-3-7-11-18(12)16(21)17-14-10-6-2-5-9-13(14)15(19)20/h12-14H,2-11H2,1H3,(H,17,21)(H,19,20). The molecule has 21 heavy (non-hydrogen) atoms. The number of amides is 2. The fourth-order valence-electron chi connectivity index (χ4n) is 3.59. The molecule has 0 aromatic heterocycles. The maximum atomic E-state index is 12.5. The zero-order chi connectivity index (χ0) is 15.2. The van der Waals surface area contributed by atoms with Crippen molar-refractivity contribution in [3.05, 3.63) is 0 Å². The Kier molecular flexibility index (Phi) is 5.88. The summed E-state index contributed by atoms with van der Waals surface area (Å²) in [5, 5.41) is 12.4. The monoisotopic (exact) mass is 296 g/mol. The molecule has 1 aliphatic carbocycles. The number of carboxylic acids is 1. The van der Waals surface area contributed by atoms with E-state index >= 15 is 0 Å². The topological polar surface area (TPSA) is 69.6 Å². The fraction of sp³-hybridized carbons (Fsp3) is 0.875. The Labute approximate surface area is 127 Å². The SMILES string of the molecule is CC1CCCCCN1C(=O)NC1CCCCCC1C(=O)O. The lowest BCUT2D eigenvalue weighted by Crippen LogP contribution is -2.51. The van der Waals surface area contributed by atoms with Gasteiger partial charge in [0.25, 0.3) is 0 Å². The van der Waals surface area contributed by atoms with Gasteiger partial charge in [0, 0.05) is 18.6 Å². The molecule has 0 aromatic carbocycles. The molecule has 3 atom stereocenters. The van der Waals surface area contributed by atoms with Crippen LogP contribution in [0.3, 0.4) is 0 Å². The fourth-order valence-corrected chi connectivity index (χ4v) is 3.59. The first-order valence-corrected chi connectivity index (χ1v) is 8.39. The molecule has 0 spiro atoms. The molecular weight excluding hydrogens is 268 g/mol. The molecule has 0 aromatic rings. The smallest absolute Gasteiger partial charge is 0.317 e. The highest BCUT2D eigenvalue weighted by Crippen LogP contribution is 2.24. The third kappa shape index (κ3) is 4.35. The molecular formula is C16H28N2O3. The van der Waals surface area contributed by atoms with E-state index in [1.54, 1.807) is 0 Å². The summed E-state index contributed by atoms with van der Waals surface area (Å²) in [5.41, 5.74) is 0. The van der Waals surface area contributed by atoms with Gasteiger partial charge >= 0.3 is 12.0 Å². The largest absolute Gasteiger partial charge is 0.481 e. The minimum absolute atomic E-state index is 0.0671. The van der Waals surface area contributed by atoms with Crippen LogP contribution >= 0.6 is 0 Å². The summed E-state index contributed by atoms with van der Waals surface area (Å²) in [7, 11) is 0. The van der Waals surface area contributed by atoms with E-state index in [1.807, 2.05) is 4.90 Å². The molecule has 120 valence electrons. The molecule has 2 amide bonds. The van der Waals surface area contributed by atoms with Crippen molar-refractivity contribution < 1.29 is 14.7 Å². The third-order valence-corrected chi connectivity index (χ3v) is 4.96. The van der Waals surface area contributed by atoms with Crippen molar-refractivity contribution in [1.29, 1.82) is 0 Å². The molecule has 2 rings (SSSR count). The summed E-state index contributed by atoms with van der Waals surface area (Å²) >= 11 is 0. The van der Waals surface area contributed by atoms with E-state index in [2.05, 4.69) is 12.2 Å². The predicted octanol–water partition coefficient (Wildman–Crippen LogP) is 2.99. The van der Waals surface area contributed by atoms with E-state index in [9.17, 15) is 14.7 Å². The second-order valence-corrected chi connectivity index (χ2v) is 6.53. The van der Waals surface area contributed by atoms with E-state index in [1.165, 1.54) is 12.8 Å². The van der Waals surface area contributed by atoms with E-state index in [0.29, 0.717) is 6.42 Å². The number of urea groups is 1. The van der Waals surface area contributed by atoms with Gasteiger partial charge in [-0.25, -0.2) is 4.79 Å². The van der Waals surface area contributed by atoms with Crippen LogP contribution in [-0.4, -0.2) is 40.6 Å². The lowest BCUT2D eigenvalue weighted by molar-refractivity contribution is -0.142. The van der Waals surface area contributed by atoms with Gasteiger partial charge < -0.3 is 15.3 Å². The highest BCUT2D eigenvalue weighted by Gasteiger charge is 2.32. The third-order valence-electron chi connectivity index (χ3n) is 4.96. The zero-order valence-electron chi connectivity index (χ0n) is 13.0. The maximum Gasteiger partial charge on any atom is 0.317 e. The number of nitrogens with zero attached hydrogens (tertiary/aromatic N) is 1. The molecule has 5 nitrogen and oxygen atoms in total. The molecule has 0 bridgehead atoms. The van der Waals surface area contributed by atoms with Crippen molar-refractivity contribution in [3.63, 3.8) is 0 Å². The summed E-state index contributed by atoms with van der Waals surface area (Å²) < 4.78 is 0. The Morgan fingerprint density at radius 1 is 1.00 bits per heavy atom. The van der Waals surface area contributed by atoms with Crippen molar-refractivity contribution in [1.82, 2.24) is 10.2 Å². The van der Waals surface area contributed by atoms with E-state index < -0.39 is 11.9 Å². The number of carboxylic acid groups (broad SMARTS) is 1. The summed E-state index contributed by atoms with van der Waals surface area (Å²) in [6, 6.07) is -0.0305. The van der Waals surface area contributed by atoms with E-state index in [4.69, 9.17) is 0 Å². The molecule has 2 N–H and O–H groups in total. The average molecular weight is 296 g/mol. The van der Waals surface area contributed by atoms with Crippen LogP contribution in [0.4, 0.5) is 4.79 Å². The molecule has 1 heterocycles. The number of carbonyl (C=O) groups excluding carboxylic acids is 1. The van der Waals surface area contributed by atoms with Crippen LogP contribution < -0.4 is 5.32 Å². The van der Waals surface area contributed by atoms with Crippen molar-refractivity contribution >= 4 is 12.0 Å². The maximum absolute atomic E-state index is 12.5. The number of likely N-dealkylation sites (tertiary alicyclic amines) is 1. The van der Waals surface area contributed by atoms with Gasteiger partial charge in [-0.05, 0) is 32.6 Å². The quantitative estimate of drug-likeness (QED) is 0.770. The number of nitrogens with one attached hydrogen (secondary N) is 1. The van der Waals surface area contributed by atoms with Crippen molar-refractivity contribution in [2.75, 3.05) is 6.54 Å². The van der Waals surface area contributed by atoms with E-state index in [-0.39, 0.29) is 18.1 Å². The highest BCUT2D eigenvalue weighted by atomic mass is 16.4. The number of hydrogen-bond donors (Lipinski definition) is 2. The summed E-state index contributed by atoms with van der Waals surface area (Å²) in [4.78, 5) is 25.9. The Morgan fingerprint density at radius 3 is 2.43 bits per heavy atom. The van der Waals surface area contributed by atoms with Gasteiger partial charge in [-0.15, -0.1) is 0 Å². The molecule has 2 aliphatic rings. The first kappa shape index (κ1) is 16.1. The normalized spacial score (nSPS) is 31.1. The van der Waals surface area contributed by atoms with Gasteiger partial charge in [0.2, 0.25) is 0 Å². The molecule has 3 unspecified atom stereocenters. The molecule has 2 fully saturated rings. The van der Waals surface area contributed by atoms with Crippen LogP contribution in [0.15, 0.2) is 0 Å². The first-order chi connectivity index (χ1) is 10.1. The van der Waals surface area contributed by atoms with Crippen LogP contribution in [0.2, 0.25) is 0 Å². The van der Waals surface area contributed by atoms with Gasteiger partial charge in [0.05, 0.1) is 5.92 Å². The van der Waals surface area contributed by atoms with Gasteiger partial charge in [0.15, 0.2) is 0 Å². The molecule has 1 saturated carbocycles. The van der Waals surface area contributed by atoms with Crippen LogP contribution in [0.1, 0.15) is 64.7 Å². The minimum Gasteiger partial charge on any atom is -0.481 e. The first-order valence-electron chi connectivity index (χ1n) is 8.39. The van der Waals surface area contributed by atoms with Crippen molar-refractivity contribution in [2.24, 2.45) is 5.92 Å². The average Bonchev–Trinajstić information content (AvgIpc) is 2.79. The van der Waals surface area contributed by atoms with Gasteiger partial charge in [0.1, 0.15) is 0 Å². The van der Waals surface area contributed by atoms with Crippen molar-refractivity contribution in [2.45, 2.75) is 76.8 Å². The minimum atomic E-state index is -0.772. The van der Waals surface area contributed by atoms with Crippen LogP contribution in [0.25, 0.3) is 0 Å². The van der Waals surface area contributed by atoms with Crippen LogP contribution in [0, 0.1) is 5.92 Å². The number of rotatable bonds is 2. The number of hydrogen-bond acceptors (Lipinski definition) is 2. The van der Waals surface area contributed by atoms with E-state index in [0.717, 1.165) is 45.1 Å². The Hall–Kier alpha value is -1.26. The molecule has 1 aliphatic heterocycles. The molecule has 5 heteroatoms. The second kappa shape index (κ2) is 7.66. The van der Waals surface area contributed by atoms with Gasteiger partial charge in [-0.1, -0.05) is 32.1 Å². The Bertz CT molecular complexity index is 373. The lowest BCUT2D eigenvalue weighted by atomic mass is 9.95. The summed E-state index contributed by atoms with van der Waals surface area (Å²) in [6.07, 6.45) is 8.91. The van der Waals surface area contributed by atoms with Gasteiger partial charge in [-0.3, -0.25) is 4.79 Å².